The fourth-order valence-electron chi connectivity index (χ4n) is 5.22. The highest BCUT2D eigenvalue weighted by molar-refractivity contribution is 7.92. The molecule has 4 rings (SSSR count). The summed E-state index contributed by atoms with van der Waals surface area (Å²) in [6.45, 7) is 10.2. The number of carbonyl (C=O) groups is 2. The smallest absolute Gasteiger partial charge is 0.264 e. The van der Waals surface area contributed by atoms with Crippen molar-refractivity contribution < 1.29 is 18.0 Å². The molecule has 7 nitrogen and oxygen atoms in total. The lowest BCUT2D eigenvalue weighted by molar-refractivity contribution is -0.140. The Labute approximate surface area is 274 Å². The number of hydrogen-bond donors (Lipinski definition) is 1. The molecular formula is C38H45N3O4S. The molecule has 1 atom stereocenters. The van der Waals surface area contributed by atoms with Crippen LogP contribution >= 0.6 is 0 Å². The van der Waals surface area contributed by atoms with E-state index in [1.165, 1.54) is 12.1 Å². The molecule has 0 bridgehead atoms. The van der Waals surface area contributed by atoms with Crippen molar-refractivity contribution in [1.82, 2.24) is 10.2 Å². The molecule has 0 radical (unpaired) electrons. The van der Waals surface area contributed by atoms with E-state index >= 15 is 0 Å². The van der Waals surface area contributed by atoms with Crippen molar-refractivity contribution >= 4 is 27.5 Å². The number of anilines is 1. The zero-order chi connectivity index (χ0) is 33.3. The van der Waals surface area contributed by atoms with Crippen molar-refractivity contribution in [3.05, 3.63) is 131 Å². The Kier molecular flexibility index (Phi) is 11.8. The average molecular weight is 640 g/mol. The van der Waals surface area contributed by atoms with Crippen molar-refractivity contribution in [2.45, 2.75) is 64.4 Å². The van der Waals surface area contributed by atoms with Crippen molar-refractivity contribution in [1.29, 1.82) is 0 Å². The van der Waals surface area contributed by atoms with E-state index < -0.39 is 28.5 Å². The van der Waals surface area contributed by atoms with Crippen molar-refractivity contribution in [3.63, 3.8) is 0 Å². The molecule has 0 spiro atoms. The maximum atomic E-state index is 14.6. The normalized spacial score (nSPS) is 12.2. The van der Waals surface area contributed by atoms with Crippen LogP contribution in [-0.4, -0.2) is 44.3 Å². The number of nitrogens with one attached hydrogen (secondary N) is 1. The lowest BCUT2D eigenvalue weighted by Crippen LogP contribution is -2.53. The number of carbonyl (C=O) groups excluding carboxylic acids is 2. The van der Waals surface area contributed by atoms with Gasteiger partial charge in [0.15, 0.2) is 0 Å². The number of benzene rings is 4. The molecule has 46 heavy (non-hydrogen) atoms. The van der Waals surface area contributed by atoms with Crippen molar-refractivity contribution in [2.24, 2.45) is 5.92 Å². The molecule has 1 unspecified atom stereocenters. The number of sulfonamides is 1. The van der Waals surface area contributed by atoms with Gasteiger partial charge in [0, 0.05) is 19.5 Å². The van der Waals surface area contributed by atoms with Gasteiger partial charge in [-0.15, -0.1) is 0 Å². The summed E-state index contributed by atoms with van der Waals surface area (Å²) in [6.07, 6.45) is 0.275. The van der Waals surface area contributed by atoms with Gasteiger partial charge in [0.25, 0.3) is 10.0 Å². The van der Waals surface area contributed by atoms with Crippen LogP contribution in [0.1, 0.15) is 55.9 Å². The number of rotatable bonds is 14. The number of amides is 2. The lowest BCUT2D eigenvalue weighted by atomic mass is 10.0. The van der Waals surface area contributed by atoms with Crippen LogP contribution in [0, 0.1) is 12.8 Å². The third-order valence-electron chi connectivity index (χ3n) is 8.02. The van der Waals surface area contributed by atoms with E-state index in [9.17, 15) is 18.0 Å². The van der Waals surface area contributed by atoms with Crippen molar-refractivity contribution in [3.8, 4) is 0 Å². The molecule has 0 saturated heterocycles. The zero-order valence-electron chi connectivity index (χ0n) is 27.4. The van der Waals surface area contributed by atoms with Gasteiger partial charge >= 0.3 is 0 Å². The Balaban J connectivity index is 1.81. The highest BCUT2D eigenvalue weighted by Crippen LogP contribution is 2.27. The first-order valence-corrected chi connectivity index (χ1v) is 17.2. The van der Waals surface area contributed by atoms with Crippen LogP contribution in [0.25, 0.3) is 0 Å². The van der Waals surface area contributed by atoms with Crippen LogP contribution in [0.2, 0.25) is 0 Å². The molecule has 0 saturated carbocycles. The van der Waals surface area contributed by atoms with Crippen LogP contribution in [0.3, 0.4) is 0 Å². The zero-order valence-corrected chi connectivity index (χ0v) is 28.2. The maximum absolute atomic E-state index is 14.6. The Morgan fingerprint density at radius 1 is 0.761 bits per heavy atom. The largest absolute Gasteiger partial charge is 0.354 e. The minimum absolute atomic E-state index is 0.0803. The van der Waals surface area contributed by atoms with E-state index in [4.69, 9.17) is 0 Å². The van der Waals surface area contributed by atoms with Gasteiger partial charge < -0.3 is 10.2 Å². The summed E-state index contributed by atoms with van der Waals surface area (Å²) in [4.78, 5) is 30.1. The molecule has 4 aromatic carbocycles. The number of hydrogen-bond acceptors (Lipinski definition) is 4. The van der Waals surface area contributed by atoms with Gasteiger partial charge in [-0.3, -0.25) is 13.9 Å². The molecule has 2 amide bonds. The second kappa shape index (κ2) is 15.7. The summed E-state index contributed by atoms with van der Waals surface area (Å²) in [6, 6.07) is 31.8. The lowest BCUT2D eigenvalue weighted by Gasteiger charge is -2.34. The standard InChI is InChI=1S/C38H45N3O4S/c1-28(2)25-39-38(43)36(24-31-15-8-6-9-16-31)40(26-33-17-13-12-14-30(33)5)37(42)27-41(34-22-20-32(21-23-34)29(3)4)46(44,45)35-18-10-7-11-19-35/h6-23,28-29,36H,24-27H2,1-5H3,(H,39,43). The summed E-state index contributed by atoms with van der Waals surface area (Å²) < 4.78 is 29.5. The molecule has 4 aromatic rings. The second-order valence-corrected chi connectivity index (χ2v) is 14.2. The summed E-state index contributed by atoms with van der Waals surface area (Å²) >= 11 is 0. The second-order valence-electron chi connectivity index (χ2n) is 12.4. The molecule has 0 aromatic heterocycles. The SMILES string of the molecule is Cc1ccccc1CN(C(=O)CN(c1ccc(C(C)C)cc1)S(=O)(=O)c1ccccc1)C(Cc1ccccc1)C(=O)NCC(C)C. The highest BCUT2D eigenvalue weighted by atomic mass is 32.2. The molecule has 8 heteroatoms. The fraction of sp³-hybridized carbons (Fsp3) is 0.316. The van der Waals surface area contributed by atoms with Gasteiger partial charge in [-0.1, -0.05) is 113 Å². The summed E-state index contributed by atoms with van der Waals surface area (Å²) in [5.41, 5.74) is 4.18. The fourth-order valence-corrected chi connectivity index (χ4v) is 6.66. The van der Waals surface area contributed by atoms with E-state index in [1.54, 1.807) is 35.2 Å². The van der Waals surface area contributed by atoms with Crippen LogP contribution in [-0.2, 0) is 32.6 Å². The maximum Gasteiger partial charge on any atom is 0.264 e. The van der Waals surface area contributed by atoms with E-state index in [2.05, 4.69) is 19.2 Å². The third kappa shape index (κ3) is 8.85. The predicted molar refractivity (Wildman–Crippen MR) is 185 cm³/mol. The highest BCUT2D eigenvalue weighted by Gasteiger charge is 2.34. The Bertz CT molecular complexity index is 1690. The quantitative estimate of drug-likeness (QED) is 0.166. The van der Waals surface area contributed by atoms with E-state index in [-0.39, 0.29) is 35.6 Å². The van der Waals surface area contributed by atoms with Gasteiger partial charge in [-0.05, 0) is 65.3 Å². The Hall–Kier alpha value is -4.43. The first-order chi connectivity index (χ1) is 22.0. The van der Waals surface area contributed by atoms with Crippen LogP contribution < -0.4 is 9.62 Å². The Morgan fingerprint density at radius 3 is 1.93 bits per heavy atom. The van der Waals surface area contributed by atoms with Crippen molar-refractivity contribution in [2.75, 3.05) is 17.4 Å². The molecule has 242 valence electrons. The topological polar surface area (TPSA) is 86.8 Å². The van der Waals surface area contributed by atoms with E-state index in [0.29, 0.717) is 12.2 Å². The summed E-state index contributed by atoms with van der Waals surface area (Å²) in [5.74, 6) is -0.292. The minimum Gasteiger partial charge on any atom is -0.354 e. The Morgan fingerprint density at radius 2 is 1.35 bits per heavy atom. The van der Waals surface area contributed by atoms with Gasteiger partial charge in [-0.25, -0.2) is 8.42 Å². The monoisotopic (exact) mass is 639 g/mol. The number of aryl methyl sites for hydroxylation is 1. The van der Waals surface area contributed by atoms with Gasteiger partial charge in [0.2, 0.25) is 11.8 Å². The number of nitrogens with zero attached hydrogens (tertiary/aromatic N) is 2. The van der Waals surface area contributed by atoms with Crippen LogP contribution in [0.5, 0.6) is 0 Å². The van der Waals surface area contributed by atoms with Gasteiger partial charge in [-0.2, -0.15) is 0 Å². The molecule has 1 N–H and O–H groups in total. The molecule has 0 aliphatic rings. The molecule has 0 aliphatic carbocycles. The van der Waals surface area contributed by atoms with Gasteiger partial charge in [0.05, 0.1) is 10.6 Å². The molecule has 0 aliphatic heterocycles. The predicted octanol–water partition coefficient (Wildman–Crippen LogP) is 6.73. The summed E-state index contributed by atoms with van der Waals surface area (Å²) in [5, 5.41) is 3.03. The van der Waals surface area contributed by atoms with Crippen LogP contribution in [0.15, 0.2) is 114 Å². The van der Waals surface area contributed by atoms with E-state index in [1.807, 2.05) is 87.5 Å². The minimum atomic E-state index is -4.14. The first-order valence-electron chi connectivity index (χ1n) is 15.8. The third-order valence-corrected chi connectivity index (χ3v) is 9.80. The van der Waals surface area contributed by atoms with E-state index in [0.717, 1.165) is 26.6 Å². The molecule has 0 heterocycles. The molecule has 0 fully saturated rings. The molecular weight excluding hydrogens is 595 g/mol. The van der Waals surface area contributed by atoms with Gasteiger partial charge in [0.1, 0.15) is 12.6 Å². The summed E-state index contributed by atoms with van der Waals surface area (Å²) in [7, 11) is -4.14. The average Bonchev–Trinajstić information content (AvgIpc) is 3.05. The first kappa shape index (κ1) is 34.4. The van der Waals surface area contributed by atoms with Crippen LogP contribution in [0.4, 0.5) is 5.69 Å².